The van der Waals surface area contributed by atoms with Crippen LogP contribution in [0.1, 0.15) is 23.0 Å². The van der Waals surface area contributed by atoms with Gasteiger partial charge in [0.1, 0.15) is 0 Å². The number of benzene rings is 1. The Balaban J connectivity index is 2.11. The van der Waals surface area contributed by atoms with Crippen molar-refractivity contribution in [1.29, 1.82) is 0 Å². The highest BCUT2D eigenvalue weighted by Gasteiger charge is 2.30. The lowest BCUT2D eigenvalue weighted by atomic mass is 10.1. The van der Waals surface area contributed by atoms with Gasteiger partial charge in [-0.15, -0.1) is 0 Å². The van der Waals surface area contributed by atoms with Crippen molar-refractivity contribution in [2.24, 2.45) is 0 Å². The van der Waals surface area contributed by atoms with E-state index in [-0.39, 0.29) is 12.3 Å². The van der Waals surface area contributed by atoms with Gasteiger partial charge in [-0.25, -0.2) is 9.78 Å². The lowest BCUT2D eigenvalue weighted by molar-refractivity contribution is -0.137. The summed E-state index contributed by atoms with van der Waals surface area (Å²) in [5.41, 5.74) is 0.939. The molecule has 2 aromatic heterocycles. The second kappa shape index (κ2) is 5.99. The van der Waals surface area contributed by atoms with Crippen LogP contribution in [-0.4, -0.2) is 22.0 Å². The first-order valence-corrected chi connectivity index (χ1v) is 7.22. The standard InChI is InChI=1S/C17H13F3N2O2/c1-2-24-16(23)13-10-22-9-3-4-14(22)15(21-13)11-5-7-12(8-6-11)17(18,19)20/h3-10H,2H2,1H3. The fourth-order valence-corrected chi connectivity index (χ4v) is 2.38. The lowest BCUT2D eigenvalue weighted by Crippen LogP contribution is -2.09. The van der Waals surface area contributed by atoms with Crippen molar-refractivity contribution in [2.75, 3.05) is 6.61 Å². The summed E-state index contributed by atoms with van der Waals surface area (Å²) in [7, 11) is 0. The molecular weight excluding hydrogens is 321 g/mol. The monoisotopic (exact) mass is 334 g/mol. The molecule has 0 bridgehead atoms. The van der Waals surface area contributed by atoms with Crippen molar-refractivity contribution < 1.29 is 22.7 Å². The molecule has 1 aromatic carbocycles. The molecule has 4 nitrogen and oxygen atoms in total. The smallest absolute Gasteiger partial charge is 0.416 e. The molecule has 0 aliphatic rings. The summed E-state index contributed by atoms with van der Waals surface area (Å²) in [6, 6.07) is 8.20. The van der Waals surface area contributed by atoms with E-state index in [2.05, 4.69) is 4.98 Å². The van der Waals surface area contributed by atoms with Crippen molar-refractivity contribution in [1.82, 2.24) is 9.38 Å². The van der Waals surface area contributed by atoms with Crippen molar-refractivity contribution in [3.8, 4) is 11.3 Å². The van der Waals surface area contributed by atoms with E-state index in [1.54, 1.807) is 29.7 Å². The van der Waals surface area contributed by atoms with Crippen molar-refractivity contribution in [2.45, 2.75) is 13.1 Å². The van der Waals surface area contributed by atoms with Crippen LogP contribution in [0.5, 0.6) is 0 Å². The number of carbonyl (C=O) groups excluding carboxylic acids is 1. The summed E-state index contributed by atoms with van der Waals surface area (Å²) >= 11 is 0. The van der Waals surface area contributed by atoms with Gasteiger partial charge in [0.2, 0.25) is 0 Å². The van der Waals surface area contributed by atoms with Crippen LogP contribution in [0.3, 0.4) is 0 Å². The molecule has 3 rings (SSSR count). The second-order valence-corrected chi connectivity index (χ2v) is 5.07. The number of hydrogen-bond acceptors (Lipinski definition) is 3. The van der Waals surface area contributed by atoms with E-state index in [1.807, 2.05) is 0 Å². The maximum Gasteiger partial charge on any atom is 0.416 e. The first-order valence-electron chi connectivity index (χ1n) is 7.22. The van der Waals surface area contributed by atoms with E-state index >= 15 is 0 Å². The Kier molecular flexibility index (Phi) is 4.01. The molecule has 2 heterocycles. The van der Waals surface area contributed by atoms with Crippen molar-refractivity contribution >= 4 is 11.5 Å². The van der Waals surface area contributed by atoms with Gasteiger partial charge in [0.15, 0.2) is 5.69 Å². The van der Waals surface area contributed by atoms with Gasteiger partial charge in [0.25, 0.3) is 0 Å². The highest BCUT2D eigenvalue weighted by Crippen LogP contribution is 2.31. The van der Waals surface area contributed by atoms with Gasteiger partial charge in [-0.1, -0.05) is 12.1 Å². The second-order valence-electron chi connectivity index (χ2n) is 5.07. The number of aromatic nitrogens is 2. The van der Waals surface area contributed by atoms with Crippen LogP contribution in [0.2, 0.25) is 0 Å². The van der Waals surface area contributed by atoms with E-state index < -0.39 is 17.7 Å². The topological polar surface area (TPSA) is 43.6 Å². The Morgan fingerprint density at radius 1 is 1.21 bits per heavy atom. The molecular formula is C17H13F3N2O2. The summed E-state index contributed by atoms with van der Waals surface area (Å²) in [6.07, 6.45) is -1.14. The number of halogens is 3. The average Bonchev–Trinajstić information content (AvgIpc) is 3.02. The van der Waals surface area contributed by atoms with Gasteiger partial charge in [-0.05, 0) is 31.2 Å². The number of nitrogens with zero attached hydrogens (tertiary/aromatic N) is 2. The average molecular weight is 334 g/mol. The fourth-order valence-electron chi connectivity index (χ4n) is 2.38. The minimum Gasteiger partial charge on any atom is -0.461 e. The summed E-state index contributed by atoms with van der Waals surface area (Å²) < 4.78 is 44.7. The number of esters is 1. The van der Waals surface area contributed by atoms with Gasteiger partial charge in [0.05, 0.1) is 23.4 Å². The van der Waals surface area contributed by atoms with Gasteiger partial charge in [0, 0.05) is 18.0 Å². The first kappa shape index (κ1) is 16.0. The molecule has 24 heavy (non-hydrogen) atoms. The third kappa shape index (κ3) is 2.97. The third-order valence-electron chi connectivity index (χ3n) is 3.49. The predicted molar refractivity (Wildman–Crippen MR) is 81.6 cm³/mol. The molecule has 0 saturated heterocycles. The molecule has 7 heteroatoms. The van der Waals surface area contributed by atoms with Gasteiger partial charge in [-0.3, -0.25) is 0 Å². The van der Waals surface area contributed by atoms with E-state index in [0.717, 1.165) is 12.1 Å². The maximum atomic E-state index is 12.7. The van der Waals surface area contributed by atoms with Crippen LogP contribution in [-0.2, 0) is 10.9 Å². The molecule has 124 valence electrons. The molecule has 0 fully saturated rings. The van der Waals surface area contributed by atoms with Crippen molar-refractivity contribution in [3.05, 3.63) is 60.0 Å². The summed E-state index contributed by atoms with van der Waals surface area (Å²) in [5, 5.41) is 0. The minimum atomic E-state index is -4.40. The minimum absolute atomic E-state index is 0.0930. The van der Waals surface area contributed by atoms with Crippen LogP contribution < -0.4 is 0 Å². The molecule has 3 aromatic rings. The molecule has 0 amide bonds. The zero-order chi connectivity index (χ0) is 17.3. The molecule has 0 radical (unpaired) electrons. The molecule has 0 spiro atoms. The molecule has 0 aliphatic heterocycles. The molecule has 0 atom stereocenters. The van der Waals surface area contributed by atoms with E-state index in [9.17, 15) is 18.0 Å². The number of alkyl halides is 3. The fraction of sp³-hybridized carbons (Fsp3) is 0.176. The number of ether oxygens (including phenoxy) is 1. The Morgan fingerprint density at radius 2 is 1.92 bits per heavy atom. The van der Waals surface area contributed by atoms with E-state index in [0.29, 0.717) is 16.8 Å². The zero-order valence-corrected chi connectivity index (χ0v) is 12.7. The van der Waals surface area contributed by atoms with Gasteiger partial charge < -0.3 is 9.14 Å². The quantitative estimate of drug-likeness (QED) is 0.674. The Labute approximate surface area is 135 Å². The Hall–Kier alpha value is -2.83. The number of fused-ring (bicyclic) bond motifs is 1. The molecule has 0 aliphatic carbocycles. The first-order chi connectivity index (χ1) is 11.4. The van der Waals surface area contributed by atoms with Crippen LogP contribution in [0.15, 0.2) is 48.8 Å². The third-order valence-corrected chi connectivity index (χ3v) is 3.49. The SMILES string of the molecule is CCOC(=O)c1cn2cccc2c(-c2ccc(C(F)(F)F)cc2)n1. The summed E-state index contributed by atoms with van der Waals surface area (Å²) in [4.78, 5) is 16.2. The summed E-state index contributed by atoms with van der Waals surface area (Å²) in [6.45, 7) is 1.89. The van der Waals surface area contributed by atoms with E-state index in [4.69, 9.17) is 4.74 Å². The van der Waals surface area contributed by atoms with Crippen LogP contribution >= 0.6 is 0 Å². The Bertz CT molecular complexity index is 883. The number of rotatable bonds is 3. The van der Waals surface area contributed by atoms with Crippen LogP contribution in [0.4, 0.5) is 13.2 Å². The zero-order valence-electron chi connectivity index (χ0n) is 12.7. The van der Waals surface area contributed by atoms with Crippen molar-refractivity contribution in [3.63, 3.8) is 0 Å². The maximum absolute atomic E-state index is 12.7. The predicted octanol–water partition coefficient (Wildman–Crippen LogP) is 4.20. The number of carbonyl (C=O) groups is 1. The largest absolute Gasteiger partial charge is 0.461 e. The van der Waals surface area contributed by atoms with Crippen LogP contribution in [0.25, 0.3) is 16.8 Å². The normalized spacial score (nSPS) is 11.7. The number of hydrogen-bond donors (Lipinski definition) is 0. The van der Waals surface area contributed by atoms with Gasteiger partial charge in [-0.2, -0.15) is 13.2 Å². The highest BCUT2D eigenvalue weighted by atomic mass is 19.4. The van der Waals surface area contributed by atoms with Crippen LogP contribution in [0, 0.1) is 0 Å². The molecule has 0 saturated carbocycles. The van der Waals surface area contributed by atoms with E-state index in [1.165, 1.54) is 18.3 Å². The molecule has 0 unspecified atom stereocenters. The van der Waals surface area contributed by atoms with Gasteiger partial charge >= 0.3 is 12.1 Å². The Morgan fingerprint density at radius 3 is 2.54 bits per heavy atom. The molecule has 0 N–H and O–H groups in total. The summed E-state index contributed by atoms with van der Waals surface area (Å²) in [5.74, 6) is -0.582. The highest BCUT2D eigenvalue weighted by molar-refractivity contribution is 5.89. The lowest BCUT2D eigenvalue weighted by Gasteiger charge is -2.10.